The fraction of sp³-hybridized carbons (Fsp3) is 0.372. The summed E-state index contributed by atoms with van der Waals surface area (Å²) < 4.78 is 52.4. The van der Waals surface area contributed by atoms with Crippen LogP contribution in [0.4, 0.5) is 15.5 Å². The van der Waals surface area contributed by atoms with Crippen molar-refractivity contribution in [2.75, 3.05) is 83.7 Å². The molecule has 34 heteroatoms. The number of nitrogens with one attached hydrogen (secondary N) is 1. The van der Waals surface area contributed by atoms with Gasteiger partial charge in [-0.25, -0.2) is 39.5 Å². The molecule has 0 radical (unpaired) electrons. The number of carbonyl (C=O) groups excluding carboxylic acids is 3. The minimum Gasteiger partial charge on any atom is -0.444 e. The van der Waals surface area contributed by atoms with E-state index < -0.39 is 17.1 Å². The van der Waals surface area contributed by atoms with Gasteiger partial charge in [-0.15, -0.1) is 0 Å². The zero-order valence-electron chi connectivity index (χ0n) is 63.9. The van der Waals surface area contributed by atoms with Gasteiger partial charge < -0.3 is 67.7 Å². The SMILES string of the molecule is CC(C)(C)OC(=O)N1CCO[C@@H](c2ccc(C(N)=O)cc2)C1.Cc1noc(-c2ccc([C@H]3CN(C(=O)OC(C)(C)C)CCO3)cc2)n1.Cc1noc(-c2ccc([C@H]3CN(c4nc(-c5ccncn5)cc(=O)n4C)CCO3)cc2)n1.Cc1noc(-c2ccc([C@H]3CNCCO3)cc2)n1.Cn1c(Cl)nc(-c2ccncn2)cc1=O. The summed E-state index contributed by atoms with van der Waals surface area (Å²) in [5.74, 6) is 3.49. The second-order valence-electron chi connectivity index (χ2n) is 28.1. The van der Waals surface area contributed by atoms with Crippen LogP contribution in [0.5, 0.6) is 0 Å². The van der Waals surface area contributed by atoms with Gasteiger partial charge in [-0.05, 0) is 157 Å². The van der Waals surface area contributed by atoms with Crippen molar-refractivity contribution in [1.29, 1.82) is 0 Å². The second-order valence-corrected chi connectivity index (χ2v) is 28.4. The van der Waals surface area contributed by atoms with Crippen LogP contribution in [0.25, 0.3) is 57.1 Å². The molecule has 11 aromatic rings. The van der Waals surface area contributed by atoms with Gasteiger partial charge in [0.1, 0.15) is 42.2 Å². The van der Waals surface area contributed by atoms with E-state index in [0.717, 1.165) is 53.1 Å². The average Bonchev–Trinajstić information content (AvgIpc) is 0.987. The zero-order valence-corrected chi connectivity index (χ0v) is 64.7. The van der Waals surface area contributed by atoms with E-state index in [1.807, 2.05) is 121 Å². The fourth-order valence-corrected chi connectivity index (χ4v) is 11.8. The van der Waals surface area contributed by atoms with Gasteiger partial charge in [-0.2, -0.15) is 15.0 Å². The molecule has 0 aliphatic carbocycles. The number of hydrogen-bond donors (Lipinski definition) is 2. The summed E-state index contributed by atoms with van der Waals surface area (Å²) in [5, 5.41) is 14.9. The summed E-state index contributed by atoms with van der Waals surface area (Å²) in [6.07, 6.45) is 4.96. The Kier molecular flexibility index (Phi) is 27.0. The third-order valence-electron chi connectivity index (χ3n) is 17.3. The number of aromatic nitrogens is 14. The molecule has 112 heavy (non-hydrogen) atoms. The van der Waals surface area contributed by atoms with E-state index in [4.69, 9.17) is 64.3 Å². The number of nitrogens with two attached hydrogens (primary N) is 1. The maximum absolute atomic E-state index is 12.6. The van der Waals surface area contributed by atoms with Crippen LogP contribution in [-0.4, -0.2) is 187 Å². The second kappa shape index (κ2) is 37.2. The quantitative estimate of drug-likeness (QED) is 0.114. The Morgan fingerprint density at radius 1 is 0.491 bits per heavy atom. The average molecular weight is 1550 g/mol. The number of hydrogen-bond acceptors (Lipinski definition) is 28. The zero-order chi connectivity index (χ0) is 79.6. The Hall–Kier alpha value is -11.9. The molecule has 0 bridgehead atoms. The van der Waals surface area contributed by atoms with E-state index in [9.17, 15) is 24.0 Å². The molecule has 0 saturated carbocycles. The lowest BCUT2D eigenvalue weighted by Gasteiger charge is -2.34. The van der Waals surface area contributed by atoms with E-state index in [-0.39, 0.29) is 53.0 Å². The van der Waals surface area contributed by atoms with Gasteiger partial charge in [0, 0.05) is 93.6 Å². The van der Waals surface area contributed by atoms with Crippen LogP contribution in [-0.2, 0) is 42.5 Å². The lowest BCUT2D eigenvalue weighted by atomic mass is 10.1. The van der Waals surface area contributed by atoms with Gasteiger partial charge in [-0.1, -0.05) is 64.0 Å². The number of rotatable bonds is 11. The highest BCUT2D eigenvalue weighted by Crippen LogP contribution is 2.31. The number of anilines is 1. The fourth-order valence-electron chi connectivity index (χ4n) is 11.6. The van der Waals surface area contributed by atoms with E-state index >= 15 is 0 Å². The van der Waals surface area contributed by atoms with Crippen molar-refractivity contribution in [1.82, 2.24) is 84.6 Å². The Labute approximate surface area is 649 Å². The molecule has 4 fully saturated rings. The molecule has 4 saturated heterocycles. The molecule has 3 amide bonds. The summed E-state index contributed by atoms with van der Waals surface area (Å²) in [4.78, 5) is 102. The van der Waals surface area contributed by atoms with Crippen LogP contribution >= 0.6 is 11.6 Å². The highest BCUT2D eigenvalue weighted by Gasteiger charge is 2.32. The van der Waals surface area contributed by atoms with Gasteiger partial charge in [0.25, 0.3) is 28.8 Å². The van der Waals surface area contributed by atoms with Gasteiger partial charge in [-0.3, -0.25) is 23.5 Å². The van der Waals surface area contributed by atoms with Crippen LogP contribution in [0.2, 0.25) is 5.28 Å². The molecule has 33 nitrogen and oxygen atoms in total. The summed E-state index contributed by atoms with van der Waals surface area (Å²) >= 11 is 5.78. The summed E-state index contributed by atoms with van der Waals surface area (Å²) in [6.45, 7) is 23.6. The smallest absolute Gasteiger partial charge is 0.410 e. The first-order chi connectivity index (χ1) is 53.7. The Morgan fingerprint density at radius 2 is 0.884 bits per heavy atom. The molecule has 11 heterocycles. The predicted octanol–water partition coefficient (Wildman–Crippen LogP) is 10.2. The van der Waals surface area contributed by atoms with E-state index in [0.29, 0.717) is 129 Å². The van der Waals surface area contributed by atoms with Gasteiger partial charge in [0.15, 0.2) is 17.5 Å². The number of nitrogens with zero attached hydrogens (tertiary/aromatic N) is 17. The molecule has 586 valence electrons. The molecule has 15 rings (SSSR count). The lowest BCUT2D eigenvalue weighted by Crippen LogP contribution is -2.44. The third-order valence-corrected chi connectivity index (χ3v) is 17.7. The van der Waals surface area contributed by atoms with Gasteiger partial charge >= 0.3 is 12.2 Å². The van der Waals surface area contributed by atoms with Crippen molar-refractivity contribution in [3.8, 4) is 57.1 Å². The molecule has 7 aromatic heterocycles. The van der Waals surface area contributed by atoms with Crippen LogP contribution in [0.1, 0.15) is 116 Å². The van der Waals surface area contributed by atoms with E-state index in [2.05, 4.69) is 65.6 Å². The third kappa shape index (κ3) is 22.4. The molecule has 0 spiro atoms. The monoisotopic (exact) mass is 1550 g/mol. The van der Waals surface area contributed by atoms with Crippen LogP contribution in [0, 0.1) is 20.8 Å². The molecular weight excluding hydrogens is 1460 g/mol. The first kappa shape index (κ1) is 81.1. The van der Waals surface area contributed by atoms with E-state index in [1.54, 1.807) is 91.1 Å². The highest BCUT2D eigenvalue weighted by atomic mass is 35.5. The number of aryl methyl sites for hydroxylation is 3. The van der Waals surface area contributed by atoms with Gasteiger partial charge in [0.05, 0.1) is 74.9 Å². The van der Waals surface area contributed by atoms with Gasteiger partial charge in [0.2, 0.25) is 17.1 Å². The normalized spacial score (nSPS) is 17.0. The number of halogens is 1. The van der Waals surface area contributed by atoms with Crippen molar-refractivity contribution >= 4 is 35.6 Å². The van der Waals surface area contributed by atoms with Crippen molar-refractivity contribution in [2.24, 2.45) is 19.8 Å². The number of ether oxygens (including phenoxy) is 6. The minimum atomic E-state index is -0.520. The maximum Gasteiger partial charge on any atom is 0.410 e. The standard InChI is InChI=1S/C22H21N7O3.C18H23N3O4.C16H22N2O4.C13H15N3O2.C9H7ClN4O/c1-14-25-21(32-27-14)16-5-3-15(4-6-16)19-12-29(9-10-31-19)22-26-18(11-20(30)28(22)2)17-7-8-23-13-24-17;1-12-19-16(25-20-12)14-7-5-13(6-8-14)15-11-21(9-10-23-15)17(22)24-18(2,3)4;1-16(2,3)22-15(20)18-8-9-21-13(10-18)11-4-6-12(7-5-11)14(17)19;1-9-15-13(18-16-9)11-4-2-10(3-5-11)12-8-14-6-7-17-12;1-14-8(15)4-7(13-9(14)10)6-2-3-11-5-12-6/h3-8,11,13,19H,9-10,12H2,1-2H3;5-8,15H,9-11H2,1-4H3;4-7,13H,8-10H2,1-3H3,(H2,17,19);2-5,12,14H,6-8H2,1H3;2-5H,1H3/t19-;15-;13-;12-;/m1111./s1. The topological polar surface area (TPSA) is 392 Å². The van der Waals surface area contributed by atoms with Crippen LogP contribution < -0.4 is 27.1 Å². The summed E-state index contributed by atoms with van der Waals surface area (Å²) in [5.41, 5.74) is 13.1. The van der Waals surface area contributed by atoms with Crippen LogP contribution in [0.3, 0.4) is 0 Å². The number of morpholine rings is 4. The molecule has 4 atom stereocenters. The first-order valence-corrected chi connectivity index (χ1v) is 36.4. The Bertz CT molecular complexity index is 5050. The maximum atomic E-state index is 12.6. The molecule has 4 aliphatic heterocycles. The first-order valence-electron chi connectivity index (χ1n) is 36.0. The molecule has 3 N–H and O–H groups in total. The summed E-state index contributed by atoms with van der Waals surface area (Å²) in [7, 11) is 3.28. The number of amides is 3. The van der Waals surface area contributed by atoms with Crippen molar-refractivity contribution in [2.45, 2.75) is 97.9 Å². The van der Waals surface area contributed by atoms with Crippen molar-refractivity contribution in [3.63, 3.8) is 0 Å². The Morgan fingerprint density at radius 3 is 1.26 bits per heavy atom. The predicted molar refractivity (Wildman–Crippen MR) is 410 cm³/mol. The largest absolute Gasteiger partial charge is 0.444 e. The Balaban J connectivity index is 0.000000142. The minimum absolute atomic E-state index is 0.135. The summed E-state index contributed by atoms with van der Waals surface area (Å²) in [6, 6.07) is 36.9. The van der Waals surface area contributed by atoms with E-state index in [1.165, 1.54) is 34.9 Å². The molecule has 0 unspecified atom stereocenters. The molecule has 4 aliphatic rings. The number of carbonyl (C=O) groups is 3. The van der Waals surface area contributed by atoms with Crippen molar-refractivity contribution in [3.05, 3.63) is 218 Å². The molecule has 4 aromatic carbocycles. The van der Waals surface area contributed by atoms with Crippen LogP contribution in [0.15, 0.2) is 170 Å². The molecular formula is C78H88ClN19O14. The number of benzene rings is 4. The lowest BCUT2D eigenvalue weighted by molar-refractivity contribution is -0.0434. The van der Waals surface area contributed by atoms with Crippen molar-refractivity contribution < 1.29 is 56.4 Å². The number of primary amides is 1. The highest BCUT2D eigenvalue weighted by molar-refractivity contribution is 6.28.